The van der Waals surface area contributed by atoms with Crippen LogP contribution in [0.5, 0.6) is 0 Å². The third-order valence-corrected chi connectivity index (χ3v) is 4.05. The molecular weight excluding hydrogens is 385 g/mol. The predicted molar refractivity (Wildman–Crippen MR) is 98.6 cm³/mol. The highest BCUT2D eigenvalue weighted by Gasteiger charge is 2.30. The van der Waals surface area contributed by atoms with Crippen molar-refractivity contribution < 1.29 is 28.2 Å². The van der Waals surface area contributed by atoms with Crippen molar-refractivity contribution in [1.29, 1.82) is 0 Å². The third kappa shape index (κ3) is 5.24. The molecule has 0 saturated carbocycles. The molecule has 1 amide bonds. The van der Waals surface area contributed by atoms with E-state index in [1.807, 2.05) is 6.92 Å². The lowest BCUT2D eigenvalue weighted by Crippen LogP contribution is -2.31. The average Bonchev–Trinajstić information content (AvgIpc) is 3.18. The Morgan fingerprint density at radius 2 is 2.10 bits per heavy atom. The van der Waals surface area contributed by atoms with Gasteiger partial charge in [0.15, 0.2) is 24.2 Å². The number of hydrogen-bond donors (Lipinski definition) is 1. The van der Waals surface area contributed by atoms with Crippen LogP contribution in [0.3, 0.4) is 0 Å². The molecule has 2 atom stereocenters. The quantitative estimate of drug-likeness (QED) is 0.700. The van der Waals surface area contributed by atoms with Gasteiger partial charge in [-0.3, -0.25) is 14.2 Å². The molecule has 1 aromatic heterocycles. The Balaban J connectivity index is 1.64. The van der Waals surface area contributed by atoms with Crippen LogP contribution in [0, 0.1) is 5.82 Å². The largest absolute Gasteiger partial charge is 0.460 e. The van der Waals surface area contributed by atoms with Crippen LogP contribution in [0.1, 0.15) is 36.4 Å². The Kier molecular flexibility index (Phi) is 6.68. The maximum atomic E-state index is 14.4. The highest BCUT2D eigenvalue weighted by molar-refractivity contribution is 6.03. The smallest absolute Gasteiger partial charge is 0.351 e. The van der Waals surface area contributed by atoms with Crippen LogP contribution in [0.15, 0.2) is 41.3 Å². The number of carbonyl (C=O) groups excluding carboxylic acids is 2. The number of nitrogens with zero attached hydrogens (tertiary/aromatic N) is 2. The number of rotatable bonds is 7. The number of nitrogens with one attached hydrogen (secondary N) is 1. The summed E-state index contributed by atoms with van der Waals surface area (Å²) in [6.45, 7) is 1.66. The molecular formula is C19H20FN3O6. The molecule has 1 N–H and O–H groups in total. The van der Waals surface area contributed by atoms with E-state index < -0.39 is 35.7 Å². The van der Waals surface area contributed by atoms with Crippen molar-refractivity contribution in [3.05, 3.63) is 58.4 Å². The lowest BCUT2D eigenvalue weighted by atomic mass is 10.2. The predicted octanol–water partition coefficient (Wildman–Crippen LogP) is 1.85. The van der Waals surface area contributed by atoms with Crippen molar-refractivity contribution >= 4 is 17.7 Å². The molecule has 0 bridgehead atoms. The highest BCUT2D eigenvalue weighted by Crippen LogP contribution is 2.21. The molecule has 29 heavy (non-hydrogen) atoms. The summed E-state index contributed by atoms with van der Waals surface area (Å²) in [5.41, 5.74) is -0.530. The molecule has 2 aromatic rings. The molecule has 1 saturated heterocycles. The first-order chi connectivity index (χ1) is 14.0. The molecule has 0 radical (unpaired) electrons. The number of aromatic nitrogens is 2. The van der Waals surface area contributed by atoms with E-state index in [4.69, 9.17) is 14.2 Å². The van der Waals surface area contributed by atoms with Crippen LogP contribution in [-0.4, -0.2) is 40.9 Å². The molecule has 154 valence electrons. The SMILES string of the molecule is CCCC(=O)OC[C@H]1OCC(n2cc(F)c(NC(=O)c3ccccc3)nc2=O)O1. The molecule has 1 fully saturated rings. The molecule has 1 aliphatic rings. The number of amides is 1. The summed E-state index contributed by atoms with van der Waals surface area (Å²) >= 11 is 0. The van der Waals surface area contributed by atoms with Crippen LogP contribution in [0.2, 0.25) is 0 Å². The number of halogens is 1. The second-order valence-corrected chi connectivity index (χ2v) is 6.23. The fourth-order valence-corrected chi connectivity index (χ4v) is 2.62. The van der Waals surface area contributed by atoms with Crippen LogP contribution in [0.25, 0.3) is 0 Å². The van der Waals surface area contributed by atoms with E-state index in [1.165, 1.54) is 0 Å². The van der Waals surface area contributed by atoms with Gasteiger partial charge in [0.05, 0.1) is 12.8 Å². The van der Waals surface area contributed by atoms with Gasteiger partial charge >= 0.3 is 11.7 Å². The second kappa shape index (κ2) is 9.39. The van der Waals surface area contributed by atoms with Crippen molar-refractivity contribution in [3.8, 4) is 0 Å². The van der Waals surface area contributed by atoms with E-state index in [0.29, 0.717) is 12.0 Å². The molecule has 9 nitrogen and oxygen atoms in total. The lowest BCUT2D eigenvalue weighted by molar-refractivity contribution is -0.159. The maximum absolute atomic E-state index is 14.4. The molecule has 1 aromatic carbocycles. The summed E-state index contributed by atoms with van der Waals surface area (Å²) in [6, 6.07) is 8.14. The Morgan fingerprint density at radius 1 is 1.34 bits per heavy atom. The van der Waals surface area contributed by atoms with E-state index in [9.17, 15) is 18.8 Å². The Hall–Kier alpha value is -3.11. The standard InChI is InChI=1S/C19H20FN3O6/c1-2-6-15(24)27-11-16-28-10-14(29-16)23-9-13(20)17(22-19(23)26)21-18(25)12-7-4-3-5-8-12/h3-5,7-9,14,16H,2,6,10-11H2,1H3,(H,21,22,25,26)/t14?,16-/m0/s1. The van der Waals surface area contributed by atoms with Gasteiger partial charge in [0.1, 0.15) is 6.61 Å². The monoisotopic (exact) mass is 405 g/mol. The van der Waals surface area contributed by atoms with Crippen molar-refractivity contribution in [2.75, 3.05) is 18.5 Å². The second-order valence-electron chi connectivity index (χ2n) is 6.23. The lowest BCUT2D eigenvalue weighted by Gasteiger charge is -2.14. The maximum Gasteiger partial charge on any atom is 0.351 e. The van der Waals surface area contributed by atoms with Gasteiger partial charge in [0, 0.05) is 12.0 Å². The summed E-state index contributed by atoms with van der Waals surface area (Å²) in [5, 5.41) is 2.27. The zero-order chi connectivity index (χ0) is 20.8. The Morgan fingerprint density at radius 3 is 2.83 bits per heavy atom. The average molecular weight is 405 g/mol. The molecule has 0 spiro atoms. The number of hydrogen-bond acceptors (Lipinski definition) is 7. The van der Waals surface area contributed by atoms with Gasteiger partial charge in [-0.15, -0.1) is 0 Å². The van der Waals surface area contributed by atoms with Gasteiger partial charge in [-0.05, 0) is 18.6 Å². The number of ether oxygens (including phenoxy) is 3. The molecule has 3 rings (SSSR count). The molecule has 10 heteroatoms. The van der Waals surface area contributed by atoms with Gasteiger partial charge in [-0.25, -0.2) is 9.18 Å². The number of carbonyl (C=O) groups is 2. The minimum Gasteiger partial charge on any atom is -0.460 e. The number of esters is 1. The summed E-state index contributed by atoms with van der Waals surface area (Å²) in [6.07, 6.45) is 0.0176. The fraction of sp³-hybridized carbons (Fsp3) is 0.368. The fourth-order valence-electron chi connectivity index (χ4n) is 2.62. The summed E-state index contributed by atoms with van der Waals surface area (Å²) in [7, 11) is 0. The number of anilines is 1. The first-order valence-electron chi connectivity index (χ1n) is 9.05. The van der Waals surface area contributed by atoms with E-state index >= 15 is 0 Å². The minimum absolute atomic E-state index is 0.0489. The molecule has 1 aliphatic heterocycles. The van der Waals surface area contributed by atoms with Crippen molar-refractivity contribution in [3.63, 3.8) is 0 Å². The first kappa shape index (κ1) is 20.6. The van der Waals surface area contributed by atoms with E-state index in [-0.39, 0.29) is 25.6 Å². The minimum atomic E-state index is -0.932. The number of benzene rings is 1. The van der Waals surface area contributed by atoms with Crippen LogP contribution in [-0.2, 0) is 19.0 Å². The van der Waals surface area contributed by atoms with E-state index in [0.717, 1.165) is 10.8 Å². The zero-order valence-electron chi connectivity index (χ0n) is 15.7. The zero-order valence-corrected chi connectivity index (χ0v) is 15.7. The van der Waals surface area contributed by atoms with E-state index in [1.54, 1.807) is 30.3 Å². The first-order valence-corrected chi connectivity index (χ1v) is 9.05. The Labute approximate surface area is 165 Å². The van der Waals surface area contributed by atoms with Crippen molar-refractivity contribution in [2.24, 2.45) is 0 Å². The van der Waals surface area contributed by atoms with Crippen LogP contribution >= 0.6 is 0 Å². The van der Waals surface area contributed by atoms with Crippen molar-refractivity contribution in [1.82, 2.24) is 9.55 Å². The van der Waals surface area contributed by atoms with Gasteiger partial charge in [-0.2, -0.15) is 4.98 Å². The third-order valence-electron chi connectivity index (χ3n) is 4.05. The summed E-state index contributed by atoms with van der Waals surface area (Å²) in [5.74, 6) is -2.37. The summed E-state index contributed by atoms with van der Waals surface area (Å²) in [4.78, 5) is 39.4. The van der Waals surface area contributed by atoms with Crippen LogP contribution in [0.4, 0.5) is 10.2 Å². The Bertz CT molecular complexity index is 933. The van der Waals surface area contributed by atoms with Gasteiger partial charge in [-0.1, -0.05) is 25.1 Å². The van der Waals surface area contributed by atoms with Gasteiger partial charge < -0.3 is 19.5 Å². The van der Waals surface area contributed by atoms with Gasteiger partial charge in [0.2, 0.25) is 0 Å². The topological polar surface area (TPSA) is 109 Å². The molecule has 1 unspecified atom stereocenters. The molecule has 2 heterocycles. The normalized spacial score (nSPS) is 18.4. The highest BCUT2D eigenvalue weighted by atomic mass is 19.1. The van der Waals surface area contributed by atoms with Gasteiger partial charge in [0.25, 0.3) is 5.91 Å². The van der Waals surface area contributed by atoms with E-state index in [2.05, 4.69) is 10.3 Å². The summed E-state index contributed by atoms with van der Waals surface area (Å²) < 4.78 is 31.1. The molecule has 0 aliphatic carbocycles. The van der Waals surface area contributed by atoms with Crippen LogP contribution < -0.4 is 11.0 Å². The van der Waals surface area contributed by atoms with Crippen molar-refractivity contribution in [2.45, 2.75) is 32.3 Å².